The van der Waals surface area contributed by atoms with Gasteiger partial charge in [-0.3, -0.25) is 14.9 Å². The molecule has 5 rings (SSSR count). The summed E-state index contributed by atoms with van der Waals surface area (Å²) in [6.07, 6.45) is 0. The van der Waals surface area contributed by atoms with Crippen molar-refractivity contribution in [3.63, 3.8) is 0 Å². The van der Waals surface area contributed by atoms with Gasteiger partial charge in [0.25, 0.3) is 5.89 Å². The number of fused-ring (bicyclic) bond motifs is 3. The van der Waals surface area contributed by atoms with E-state index in [1.807, 2.05) is 0 Å². The van der Waals surface area contributed by atoms with Crippen LogP contribution < -0.4 is 5.73 Å². The van der Waals surface area contributed by atoms with Crippen LogP contribution in [0.25, 0.3) is 11.6 Å². The Bertz CT molecular complexity index is 583. The zero-order chi connectivity index (χ0) is 12.8. The molecule has 8 nitrogen and oxygen atoms in total. The van der Waals surface area contributed by atoms with Crippen molar-refractivity contribution in [3.8, 4) is 11.6 Å². The van der Waals surface area contributed by atoms with Crippen molar-refractivity contribution in [2.45, 2.75) is 6.04 Å². The van der Waals surface area contributed by atoms with E-state index < -0.39 is 0 Å². The number of hydrogen-bond acceptors (Lipinski definition) is 7. The van der Waals surface area contributed by atoms with Crippen molar-refractivity contribution in [1.82, 2.24) is 30.1 Å². The van der Waals surface area contributed by atoms with Crippen molar-refractivity contribution in [3.05, 3.63) is 11.9 Å². The number of nitrogens with zero attached hydrogens (tertiary/aromatic N) is 5. The largest absolute Gasteiger partial charge is 0.382 e. The van der Waals surface area contributed by atoms with E-state index in [2.05, 4.69) is 30.1 Å². The van der Waals surface area contributed by atoms with E-state index in [9.17, 15) is 0 Å². The highest BCUT2D eigenvalue weighted by Gasteiger charge is 2.35. The number of nitrogens with one attached hydrogen (secondary N) is 1. The Morgan fingerprint density at radius 3 is 2.79 bits per heavy atom. The molecule has 3 N–H and O–H groups in total. The molecule has 3 fully saturated rings. The lowest BCUT2D eigenvalue weighted by Gasteiger charge is -2.46. The van der Waals surface area contributed by atoms with Gasteiger partial charge in [0.2, 0.25) is 0 Å². The lowest BCUT2D eigenvalue weighted by Crippen LogP contribution is -2.57. The quantitative estimate of drug-likeness (QED) is 0.766. The molecule has 5 heterocycles. The van der Waals surface area contributed by atoms with Gasteiger partial charge in [0.05, 0.1) is 6.04 Å². The first-order valence-corrected chi connectivity index (χ1v) is 6.41. The van der Waals surface area contributed by atoms with Crippen LogP contribution >= 0.6 is 0 Å². The zero-order valence-electron chi connectivity index (χ0n) is 10.4. The fraction of sp³-hybridized carbons (Fsp3) is 0.545. The predicted octanol–water partition coefficient (Wildman–Crippen LogP) is -0.286. The average Bonchev–Trinajstić information content (AvgIpc) is 3.08. The summed E-state index contributed by atoms with van der Waals surface area (Å²) in [5, 5.41) is 10.7. The molecule has 8 heteroatoms. The molecule has 3 aliphatic rings. The van der Waals surface area contributed by atoms with Gasteiger partial charge in [0.1, 0.15) is 11.5 Å². The molecule has 0 radical (unpaired) electrons. The number of H-pyrrole nitrogens is 1. The van der Waals surface area contributed by atoms with Crippen LogP contribution in [0.15, 0.2) is 10.6 Å². The number of hydrogen-bond donors (Lipinski definition) is 2. The standard InChI is InChI=1S/C11H15N7O/c12-9-5-7(14-15-9)11-13-10(16-19-11)8-6-17-1-3-18(8)4-2-17/h5,8H,1-4,6H2,(H3,12,14,15). The summed E-state index contributed by atoms with van der Waals surface area (Å²) in [6, 6.07) is 1.92. The van der Waals surface area contributed by atoms with Crippen LogP contribution in [-0.4, -0.2) is 62.9 Å². The molecule has 3 aliphatic heterocycles. The van der Waals surface area contributed by atoms with Gasteiger partial charge in [-0.1, -0.05) is 5.16 Å². The number of nitrogen functional groups attached to an aromatic ring is 1. The molecule has 19 heavy (non-hydrogen) atoms. The van der Waals surface area contributed by atoms with E-state index in [0.717, 1.165) is 38.5 Å². The number of piperazine rings is 3. The second-order valence-electron chi connectivity index (χ2n) is 5.02. The molecule has 0 amide bonds. The zero-order valence-corrected chi connectivity index (χ0v) is 10.4. The Morgan fingerprint density at radius 1 is 1.32 bits per heavy atom. The van der Waals surface area contributed by atoms with Crippen molar-refractivity contribution in [1.29, 1.82) is 0 Å². The third-order valence-electron chi connectivity index (χ3n) is 3.85. The predicted molar refractivity (Wildman–Crippen MR) is 67.0 cm³/mol. The highest BCUT2D eigenvalue weighted by atomic mass is 16.5. The molecule has 0 saturated carbocycles. The number of rotatable bonds is 2. The summed E-state index contributed by atoms with van der Waals surface area (Å²) in [6.45, 7) is 5.40. The molecular formula is C11H15N7O. The van der Waals surface area contributed by atoms with Gasteiger partial charge in [-0.15, -0.1) is 0 Å². The van der Waals surface area contributed by atoms with E-state index in [-0.39, 0.29) is 6.04 Å². The first kappa shape index (κ1) is 10.9. The second kappa shape index (κ2) is 4.04. The Morgan fingerprint density at radius 2 is 2.16 bits per heavy atom. The van der Waals surface area contributed by atoms with Gasteiger partial charge >= 0.3 is 0 Å². The maximum atomic E-state index is 5.57. The van der Waals surface area contributed by atoms with Crippen molar-refractivity contribution < 1.29 is 4.52 Å². The molecule has 0 aliphatic carbocycles. The summed E-state index contributed by atoms with van der Waals surface area (Å²) in [5.74, 6) is 1.60. The Balaban J connectivity index is 1.61. The van der Waals surface area contributed by atoms with Crippen LogP contribution in [0.3, 0.4) is 0 Å². The Kier molecular flexibility index (Phi) is 2.32. The fourth-order valence-corrected chi connectivity index (χ4v) is 2.79. The molecule has 0 aromatic carbocycles. The third kappa shape index (κ3) is 1.80. The van der Waals surface area contributed by atoms with E-state index in [1.165, 1.54) is 0 Å². The van der Waals surface area contributed by atoms with Crippen molar-refractivity contribution in [2.24, 2.45) is 0 Å². The normalized spacial score (nSPS) is 29.8. The minimum Gasteiger partial charge on any atom is -0.382 e. The molecule has 1 unspecified atom stereocenters. The first-order chi connectivity index (χ1) is 9.29. The number of anilines is 1. The molecule has 3 saturated heterocycles. The summed E-state index contributed by atoms with van der Waals surface area (Å²) < 4.78 is 5.29. The van der Waals surface area contributed by atoms with E-state index >= 15 is 0 Å². The molecule has 2 bridgehead atoms. The van der Waals surface area contributed by atoms with Crippen LogP contribution in [0, 0.1) is 0 Å². The van der Waals surface area contributed by atoms with Crippen molar-refractivity contribution in [2.75, 3.05) is 38.5 Å². The monoisotopic (exact) mass is 261 g/mol. The molecular weight excluding hydrogens is 246 g/mol. The Hall–Kier alpha value is -1.93. The van der Waals surface area contributed by atoms with Gasteiger partial charge in [-0.05, 0) is 0 Å². The van der Waals surface area contributed by atoms with Crippen LogP contribution in [-0.2, 0) is 0 Å². The first-order valence-electron chi connectivity index (χ1n) is 6.41. The van der Waals surface area contributed by atoms with Gasteiger partial charge < -0.3 is 10.3 Å². The van der Waals surface area contributed by atoms with Gasteiger partial charge in [0.15, 0.2) is 5.82 Å². The second-order valence-corrected chi connectivity index (χ2v) is 5.02. The topological polar surface area (TPSA) is 100 Å². The fourth-order valence-electron chi connectivity index (χ4n) is 2.79. The number of nitrogens with two attached hydrogens (primary N) is 1. The molecule has 2 aromatic heterocycles. The molecule has 100 valence electrons. The van der Waals surface area contributed by atoms with Crippen LogP contribution in [0.2, 0.25) is 0 Å². The maximum Gasteiger partial charge on any atom is 0.276 e. The summed E-state index contributed by atoms with van der Waals surface area (Å²) in [4.78, 5) is 9.32. The summed E-state index contributed by atoms with van der Waals surface area (Å²) in [5.41, 5.74) is 6.23. The number of aromatic nitrogens is 4. The smallest absolute Gasteiger partial charge is 0.276 e. The molecule has 0 spiro atoms. The molecule has 2 aromatic rings. The maximum absolute atomic E-state index is 5.57. The lowest BCUT2D eigenvalue weighted by atomic mass is 10.1. The summed E-state index contributed by atoms with van der Waals surface area (Å²) in [7, 11) is 0. The van der Waals surface area contributed by atoms with Crippen molar-refractivity contribution >= 4 is 5.82 Å². The minimum absolute atomic E-state index is 0.236. The summed E-state index contributed by atoms with van der Waals surface area (Å²) >= 11 is 0. The minimum atomic E-state index is 0.236. The van der Waals surface area contributed by atoms with E-state index in [0.29, 0.717) is 17.4 Å². The van der Waals surface area contributed by atoms with Crippen LogP contribution in [0.4, 0.5) is 5.82 Å². The third-order valence-corrected chi connectivity index (χ3v) is 3.85. The van der Waals surface area contributed by atoms with E-state index in [4.69, 9.17) is 10.3 Å². The van der Waals surface area contributed by atoms with Gasteiger partial charge in [0, 0.05) is 38.8 Å². The van der Waals surface area contributed by atoms with Gasteiger partial charge in [-0.2, -0.15) is 10.1 Å². The molecule has 1 atom stereocenters. The van der Waals surface area contributed by atoms with Crippen LogP contribution in [0.5, 0.6) is 0 Å². The SMILES string of the molecule is Nc1cc(-c2nc(C3CN4CCN3CC4)no2)[nH]n1. The highest BCUT2D eigenvalue weighted by molar-refractivity contribution is 5.51. The van der Waals surface area contributed by atoms with Gasteiger partial charge in [-0.25, -0.2) is 0 Å². The Labute approximate surface area is 109 Å². The van der Waals surface area contributed by atoms with Crippen LogP contribution in [0.1, 0.15) is 11.9 Å². The highest BCUT2D eigenvalue weighted by Crippen LogP contribution is 2.28. The van der Waals surface area contributed by atoms with E-state index in [1.54, 1.807) is 6.07 Å². The average molecular weight is 261 g/mol. The number of aromatic amines is 1. The lowest BCUT2D eigenvalue weighted by molar-refractivity contribution is 0.00781.